The smallest absolute Gasteiger partial charge is 0.300 e. The summed E-state index contributed by atoms with van der Waals surface area (Å²) < 4.78 is 38.7. The average molecular weight is 262 g/mol. The highest BCUT2D eigenvalue weighted by atomic mass is 19.4. The summed E-state index contributed by atoms with van der Waals surface area (Å²) in [6.45, 7) is 1.52. The van der Waals surface area contributed by atoms with E-state index >= 15 is 0 Å². The van der Waals surface area contributed by atoms with E-state index in [1.807, 2.05) is 0 Å². The topological polar surface area (TPSA) is 60.7 Å². The summed E-state index contributed by atoms with van der Waals surface area (Å²) in [5.41, 5.74) is 0. The van der Waals surface area contributed by atoms with Crippen molar-refractivity contribution >= 4 is 5.78 Å². The van der Waals surface area contributed by atoms with Crippen LogP contribution in [0.1, 0.15) is 44.5 Å². The van der Waals surface area contributed by atoms with Crippen molar-refractivity contribution in [2.24, 2.45) is 5.92 Å². The van der Waals surface area contributed by atoms with Gasteiger partial charge in [-0.05, 0) is 43.0 Å². The van der Waals surface area contributed by atoms with Crippen LogP contribution in [0.5, 0.6) is 0 Å². The monoisotopic (exact) mass is 262 g/mol. The van der Waals surface area contributed by atoms with E-state index in [1.54, 1.807) is 0 Å². The number of tetrazole rings is 1. The Bertz CT molecular complexity index is 435. The molecule has 1 aliphatic rings. The zero-order chi connectivity index (χ0) is 13.3. The second kappa shape index (κ2) is 4.66. The van der Waals surface area contributed by atoms with E-state index in [1.165, 1.54) is 6.92 Å². The van der Waals surface area contributed by atoms with E-state index in [9.17, 15) is 18.0 Å². The molecule has 0 aromatic carbocycles. The SMILES string of the molecule is CC(=O)[C@H]1CC[C@H](n2nnnc2C(F)(F)F)CC1. The van der Waals surface area contributed by atoms with Crippen molar-refractivity contribution in [1.82, 2.24) is 20.2 Å². The van der Waals surface area contributed by atoms with Crippen LogP contribution < -0.4 is 0 Å². The number of carbonyl (C=O) groups is 1. The number of Topliss-reactive ketones (excluding diaryl/α,β-unsaturated/α-hetero) is 1. The van der Waals surface area contributed by atoms with Gasteiger partial charge in [0.25, 0.3) is 5.82 Å². The lowest BCUT2D eigenvalue weighted by atomic mass is 9.84. The molecule has 5 nitrogen and oxygen atoms in total. The number of alkyl halides is 3. The molecule has 0 saturated heterocycles. The minimum absolute atomic E-state index is 0.0351. The molecule has 1 fully saturated rings. The predicted octanol–water partition coefficient (Wildman–Crippen LogP) is 2.01. The van der Waals surface area contributed by atoms with Gasteiger partial charge in [-0.2, -0.15) is 13.2 Å². The summed E-state index contributed by atoms with van der Waals surface area (Å²) in [5.74, 6) is -0.998. The van der Waals surface area contributed by atoms with E-state index in [0.29, 0.717) is 25.7 Å². The minimum atomic E-state index is -4.54. The highest BCUT2D eigenvalue weighted by Crippen LogP contribution is 2.35. The van der Waals surface area contributed by atoms with Crippen LogP contribution in [-0.4, -0.2) is 26.0 Å². The Balaban J connectivity index is 2.11. The van der Waals surface area contributed by atoms with Crippen molar-refractivity contribution in [2.45, 2.75) is 44.8 Å². The fraction of sp³-hybridized carbons (Fsp3) is 0.800. The molecular weight excluding hydrogens is 249 g/mol. The van der Waals surface area contributed by atoms with E-state index in [4.69, 9.17) is 0 Å². The molecule has 0 atom stereocenters. The van der Waals surface area contributed by atoms with E-state index < -0.39 is 12.0 Å². The zero-order valence-electron chi connectivity index (χ0n) is 9.81. The molecule has 1 aromatic rings. The second-order valence-corrected chi connectivity index (χ2v) is 4.56. The molecule has 100 valence electrons. The molecule has 0 spiro atoms. The second-order valence-electron chi connectivity index (χ2n) is 4.56. The van der Waals surface area contributed by atoms with Gasteiger partial charge in [-0.1, -0.05) is 0 Å². The lowest BCUT2D eigenvalue weighted by molar-refractivity contribution is -0.149. The number of hydrogen-bond donors (Lipinski definition) is 0. The van der Waals surface area contributed by atoms with Gasteiger partial charge < -0.3 is 0 Å². The van der Waals surface area contributed by atoms with Crippen molar-refractivity contribution in [3.63, 3.8) is 0 Å². The third kappa shape index (κ3) is 2.51. The fourth-order valence-corrected chi connectivity index (χ4v) is 2.35. The molecule has 1 aromatic heterocycles. The van der Waals surface area contributed by atoms with Crippen LogP contribution in [0.4, 0.5) is 13.2 Å². The van der Waals surface area contributed by atoms with Gasteiger partial charge in [-0.15, -0.1) is 5.10 Å². The maximum absolute atomic E-state index is 12.6. The Kier molecular flexibility index (Phi) is 3.36. The summed E-state index contributed by atoms with van der Waals surface area (Å²) in [5, 5.41) is 9.55. The Morgan fingerprint density at radius 1 is 1.28 bits per heavy atom. The maximum atomic E-state index is 12.6. The Labute approximate surface area is 101 Å². The zero-order valence-corrected chi connectivity index (χ0v) is 9.81. The van der Waals surface area contributed by atoms with Crippen molar-refractivity contribution < 1.29 is 18.0 Å². The molecule has 18 heavy (non-hydrogen) atoms. The first-order chi connectivity index (χ1) is 8.39. The number of hydrogen-bond acceptors (Lipinski definition) is 4. The Morgan fingerprint density at radius 2 is 1.89 bits per heavy atom. The Hall–Kier alpha value is -1.47. The summed E-state index contributed by atoms with van der Waals surface area (Å²) in [6, 6.07) is -0.368. The maximum Gasteiger partial charge on any atom is 0.453 e. The number of nitrogens with zero attached hydrogens (tertiary/aromatic N) is 4. The molecule has 0 amide bonds. The number of rotatable bonds is 2. The summed E-state index contributed by atoms with van der Waals surface area (Å²) in [6.07, 6.45) is -2.36. The van der Waals surface area contributed by atoms with Crippen molar-refractivity contribution in [2.75, 3.05) is 0 Å². The van der Waals surface area contributed by atoms with Gasteiger partial charge in [0.15, 0.2) is 0 Å². The molecule has 0 bridgehead atoms. The van der Waals surface area contributed by atoms with Crippen molar-refractivity contribution in [3.05, 3.63) is 5.82 Å². The van der Waals surface area contributed by atoms with Crippen LogP contribution >= 0.6 is 0 Å². The predicted molar refractivity (Wildman–Crippen MR) is 54.5 cm³/mol. The van der Waals surface area contributed by atoms with Gasteiger partial charge in [0.1, 0.15) is 5.78 Å². The summed E-state index contributed by atoms with van der Waals surface area (Å²) >= 11 is 0. The first kappa shape index (κ1) is 13.0. The standard InChI is InChI=1S/C10H13F3N4O/c1-6(18)7-2-4-8(5-3-7)17-9(10(11,12)13)14-15-16-17/h7-8H,2-5H2,1H3/t7-,8-. The molecule has 2 rings (SSSR count). The minimum Gasteiger partial charge on any atom is -0.300 e. The van der Waals surface area contributed by atoms with Gasteiger partial charge in [0.05, 0.1) is 6.04 Å². The number of ketones is 1. The first-order valence-electron chi connectivity index (χ1n) is 5.75. The highest BCUT2D eigenvalue weighted by molar-refractivity contribution is 5.78. The third-order valence-electron chi connectivity index (χ3n) is 3.36. The molecule has 1 heterocycles. The molecule has 1 aliphatic carbocycles. The third-order valence-corrected chi connectivity index (χ3v) is 3.36. The fourth-order valence-electron chi connectivity index (χ4n) is 2.35. The van der Waals surface area contributed by atoms with Gasteiger partial charge in [-0.25, -0.2) is 4.68 Å². The van der Waals surface area contributed by atoms with Crippen molar-refractivity contribution in [1.29, 1.82) is 0 Å². The van der Waals surface area contributed by atoms with Crippen LogP contribution in [0.2, 0.25) is 0 Å². The van der Waals surface area contributed by atoms with E-state index in [2.05, 4.69) is 15.5 Å². The molecule has 0 N–H and O–H groups in total. The van der Waals surface area contributed by atoms with Crippen LogP contribution in [0.3, 0.4) is 0 Å². The molecule has 8 heteroatoms. The lowest BCUT2D eigenvalue weighted by Crippen LogP contribution is -2.26. The number of aromatic nitrogens is 4. The Morgan fingerprint density at radius 3 is 2.39 bits per heavy atom. The van der Waals surface area contributed by atoms with E-state index in [-0.39, 0.29) is 17.7 Å². The molecule has 0 unspecified atom stereocenters. The van der Waals surface area contributed by atoms with E-state index in [0.717, 1.165) is 4.68 Å². The van der Waals surface area contributed by atoms with Gasteiger partial charge in [0.2, 0.25) is 0 Å². The quantitative estimate of drug-likeness (QED) is 0.818. The van der Waals surface area contributed by atoms with Gasteiger partial charge in [0, 0.05) is 5.92 Å². The molecule has 0 radical (unpaired) electrons. The molecular formula is C10H13F3N4O. The molecule has 0 aliphatic heterocycles. The van der Waals surface area contributed by atoms with Crippen molar-refractivity contribution in [3.8, 4) is 0 Å². The van der Waals surface area contributed by atoms with Crippen LogP contribution in [0.25, 0.3) is 0 Å². The average Bonchev–Trinajstić information content (AvgIpc) is 2.77. The van der Waals surface area contributed by atoms with Crippen LogP contribution in [0.15, 0.2) is 0 Å². The van der Waals surface area contributed by atoms with Gasteiger partial charge in [-0.3, -0.25) is 4.79 Å². The summed E-state index contributed by atoms with van der Waals surface area (Å²) in [4.78, 5) is 11.2. The number of carbonyl (C=O) groups excluding carboxylic acids is 1. The van der Waals surface area contributed by atoms with Crippen LogP contribution in [0, 0.1) is 5.92 Å². The number of halogens is 3. The largest absolute Gasteiger partial charge is 0.453 e. The highest BCUT2D eigenvalue weighted by Gasteiger charge is 2.40. The molecule has 1 saturated carbocycles. The van der Waals surface area contributed by atoms with Gasteiger partial charge >= 0.3 is 6.18 Å². The first-order valence-corrected chi connectivity index (χ1v) is 5.75. The lowest BCUT2D eigenvalue weighted by Gasteiger charge is -2.27. The normalized spacial score (nSPS) is 25.1. The summed E-state index contributed by atoms with van der Waals surface area (Å²) in [7, 11) is 0. The van der Waals surface area contributed by atoms with Crippen LogP contribution in [-0.2, 0) is 11.0 Å².